The van der Waals surface area contributed by atoms with Crippen LogP contribution in [-0.2, 0) is 16.4 Å². The molecule has 0 saturated heterocycles. The van der Waals surface area contributed by atoms with Crippen LogP contribution in [0.4, 0.5) is 5.69 Å². The second kappa shape index (κ2) is 9.15. The van der Waals surface area contributed by atoms with Crippen LogP contribution in [0.15, 0.2) is 52.7 Å². The maximum Gasteiger partial charge on any atom is 0.247 e. The smallest absolute Gasteiger partial charge is 0.247 e. The quantitative estimate of drug-likeness (QED) is 0.310. The first-order valence-corrected chi connectivity index (χ1v) is 12.6. The zero-order valence-electron chi connectivity index (χ0n) is 18.4. The molecule has 0 bridgehead atoms. The van der Waals surface area contributed by atoms with Gasteiger partial charge in [-0.25, -0.2) is 12.7 Å². The zero-order valence-corrected chi connectivity index (χ0v) is 20.0. The summed E-state index contributed by atoms with van der Waals surface area (Å²) in [5.74, 6) is -0.559. The van der Waals surface area contributed by atoms with Crippen molar-refractivity contribution in [1.29, 1.82) is 0 Å². The zero-order chi connectivity index (χ0) is 23.9. The van der Waals surface area contributed by atoms with Gasteiger partial charge in [-0.1, -0.05) is 42.3 Å². The minimum Gasteiger partial charge on any atom is -0.504 e. The number of phenols is 1. The van der Waals surface area contributed by atoms with Crippen molar-refractivity contribution >= 4 is 27.3 Å². The van der Waals surface area contributed by atoms with Crippen molar-refractivity contribution in [3.05, 3.63) is 63.9 Å². The highest BCUT2D eigenvalue weighted by atomic mass is 35.5. The van der Waals surface area contributed by atoms with E-state index in [0.717, 1.165) is 35.6 Å². The maximum absolute atomic E-state index is 12.6. The predicted molar refractivity (Wildman–Crippen MR) is 127 cm³/mol. The number of hydrogen-bond donors (Lipinski definition) is 5. The highest BCUT2D eigenvalue weighted by molar-refractivity contribution is 7.89. The van der Waals surface area contributed by atoms with Gasteiger partial charge in [-0.15, -0.1) is 0 Å². The highest BCUT2D eigenvalue weighted by Crippen LogP contribution is 2.41. The first kappa shape index (κ1) is 23.8. The third-order valence-corrected chi connectivity index (χ3v) is 8.54. The van der Waals surface area contributed by atoms with E-state index in [4.69, 9.17) is 11.6 Å². The summed E-state index contributed by atoms with van der Waals surface area (Å²) < 4.78 is 26.2. The van der Waals surface area contributed by atoms with Gasteiger partial charge >= 0.3 is 0 Å². The van der Waals surface area contributed by atoms with Crippen molar-refractivity contribution in [2.45, 2.75) is 48.8 Å². The van der Waals surface area contributed by atoms with E-state index < -0.39 is 32.9 Å². The molecule has 0 amide bonds. The first-order valence-electron chi connectivity index (χ1n) is 10.8. The molecule has 33 heavy (non-hydrogen) atoms. The van der Waals surface area contributed by atoms with Crippen molar-refractivity contribution in [2.75, 3.05) is 19.4 Å². The number of halogens is 1. The van der Waals surface area contributed by atoms with E-state index in [1.54, 1.807) is 0 Å². The fourth-order valence-electron chi connectivity index (χ4n) is 4.32. The molecule has 3 atom stereocenters. The molecule has 0 heterocycles. The number of fused-ring (bicyclic) bond motifs is 1. The maximum atomic E-state index is 12.6. The number of benzene rings is 2. The molecule has 0 fully saturated rings. The van der Waals surface area contributed by atoms with E-state index >= 15 is 0 Å². The molecule has 0 radical (unpaired) electrons. The molecule has 8 nitrogen and oxygen atoms in total. The number of rotatable bonds is 6. The van der Waals surface area contributed by atoms with E-state index in [2.05, 4.69) is 22.8 Å². The molecular weight excluding hydrogens is 466 g/mol. The Morgan fingerprint density at radius 2 is 1.73 bits per heavy atom. The molecule has 0 spiro atoms. The van der Waals surface area contributed by atoms with E-state index in [1.807, 2.05) is 12.1 Å². The van der Waals surface area contributed by atoms with Crippen molar-refractivity contribution in [1.82, 2.24) is 9.62 Å². The van der Waals surface area contributed by atoms with Crippen LogP contribution in [0.2, 0.25) is 5.02 Å². The number of nitrogens with one attached hydrogen (secondary N) is 2. The summed E-state index contributed by atoms with van der Waals surface area (Å²) in [6.45, 7) is 0. The van der Waals surface area contributed by atoms with Crippen molar-refractivity contribution in [3.8, 4) is 5.75 Å². The molecule has 3 unspecified atom stereocenters. The summed E-state index contributed by atoms with van der Waals surface area (Å²) in [4.78, 5) is -0.429. The number of sulfonamides is 1. The third-order valence-electron chi connectivity index (χ3n) is 6.22. The van der Waals surface area contributed by atoms with Gasteiger partial charge in [0.1, 0.15) is 17.1 Å². The lowest BCUT2D eigenvalue weighted by Gasteiger charge is -2.38. The Kier molecular flexibility index (Phi) is 6.61. The van der Waals surface area contributed by atoms with Gasteiger partial charge in [0.25, 0.3) is 0 Å². The van der Waals surface area contributed by atoms with Crippen molar-refractivity contribution in [2.24, 2.45) is 0 Å². The van der Waals surface area contributed by atoms with E-state index in [1.165, 1.54) is 31.8 Å². The fourth-order valence-corrected chi connectivity index (χ4v) is 5.80. The van der Waals surface area contributed by atoms with Crippen LogP contribution in [0, 0.1) is 0 Å². The molecule has 2 aromatic carbocycles. The number of aliphatic hydroxyl groups excluding tert-OH is 2. The molecule has 2 aromatic rings. The standard InChI is InChI=1S/C23H28ClN3O5S/c1-27(2)33(31,32)23-15(24)11-12-17(20(23)28)26-19-18(21(29)22(19)30)25-16-10-6-4-8-13-7-3-5-9-14(13)16/h3,5,7,9,11-12,16,21-22,25-26,28-30H,4,6,8,10H2,1-2H3. The Morgan fingerprint density at radius 1 is 1.03 bits per heavy atom. The van der Waals surface area contributed by atoms with Gasteiger partial charge in [0, 0.05) is 14.1 Å². The Balaban J connectivity index is 1.68. The molecule has 0 aliphatic heterocycles. The minimum atomic E-state index is -4.02. The lowest BCUT2D eigenvalue weighted by atomic mass is 9.90. The Labute approximate surface area is 198 Å². The largest absolute Gasteiger partial charge is 0.504 e. The Hall–Kier alpha value is -2.30. The summed E-state index contributed by atoms with van der Waals surface area (Å²) in [5.41, 5.74) is 3.15. The van der Waals surface area contributed by atoms with Crippen molar-refractivity contribution in [3.63, 3.8) is 0 Å². The fraction of sp³-hybridized carbons (Fsp3) is 0.391. The van der Waals surface area contributed by atoms with Crippen LogP contribution in [-0.4, -0.2) is 54.3 Å². The Bertz CT molecular complexity index is 1200. The molecule has 0 aromatic heterocycles. The molecule has 2 aliphatic carbocycles. The summed E-state index contributed by atoms with van der Waals surface area (Å²) in [5, 5.41) is 37.7. The van der Waals surface area contributed by atoms with Gasteiger partial charge in [-0.2, -0.15) is 0 Å². The summed E-state index contributed by atoms with van der Waals surface area (Å²) >= 11 is 6.08. The van der Waals surface area contributed by atoms with Crippen LogP contribution >= 0.6 is 11.6 Å². The van der Waals surface area contributed by atoms with Gasteiger partial charge in [0.15, 0.2) is 5.75 Å². The van der Waals surface area contributed by atoms with E-state index in [-0.39, 0.29) is 22.4 Å². The number of nitrogens with zero attached hydrogens (tertiary/aromatic N) is 1. The van der Waals surface area contributed by atoms with Crippen LogP contribution in [0.3, 0.4) is 0 Å². The molecule has 10 heteroatoms. The molecule has 2 aliphatic rings. The number of anilines is 1. The third kappa shape index (κ3) is 4.31. The lowest BCUT2D eigenvalue weighted by molar-refractivity contribution is 0.0306. The monoisotopic (exact) mass is 493 g/mol. The second-order valence-electron chi connectivity index (χ2n) is 8.54. The van der Waals surface area contributed by atoms with Crippen LogP contribution in [0.5, 0.6) is 5.75 Å². The van der Waals surface area contributed by atoms with Crippen molar-refractivity contribution < 1.29 is 23.7 Å². The van der Waals surface area contributed by atoms with E-state index in [9.17, 15) is 23.7 Å². The first-order chi connectivity index (χ1) is 15.6. The number of hydrogen-bond acceptors (Lipinski definition) is 7. The van der Waals surface area contributed by atoms with E-state index in [0.29, 0.717) is 5.70 Å². The van der Waals surface area contributed by atoms with Gasteiger partial charge in [0.05, 0.1) is 28.1 Å². The summed E-state index contributed by atoms with van der Waals surface area (Å²) in [6, 6.07) is 10.9. The normalized spacial score (nSPS) is 23.0. The Morgan fingerprint density at radius 3 is 2.45 bits per heavy atom. The summed E-state index contributed by atoms with van der Waals surface area (Å²) in [7, 11) is -1.34. The number of aryl methyl sites for hydroxylation is 1. The molecule has 5 N–H and O–H groups in total. The number of aromatic hydroxyl groups is 1. The van der Waals surface area contributed by atoms with Crippen LogP contribution < -0.4 is 10.6 Å². The highest BCUT2D eigenvalue weighted by Gasteiger charge is 2.40. The van der Waals surface area contributed by atoms with Gasteiger partial charge in [-0.3, -0.25) is 0 Å². The lowest BCUT2D eigenvalue weighted by Crippen LogP contribution is -2.49. The molecule has 0 saturated carbocycles. The topological polar surface area (TPSA) is 122 Å². The molecule has 4 rings (SSSR count). The SMILES string of the molecule is CN(C)S(=O)(=O)c1c(Cl)ccc(NC2=C(NC3CCCCc4ccccc43)C(O)C2O)c1O. The van der Waals surface area contributed by atoms with Crippen LogP contribution in [0.25, 0.3) is 0 Å². The minimum absolute atomic E-state index is 0.0406. The predicted octanol–water partition coefficient (Wildman–Crippen LogP) is 2.71. The number of aliphatic hydroxyl groups is 2. The molecule has 178 valence electrons. The average molecular weight is 494 g/mol. The van der Waals surface area contributed by atoms with Crippen LogP contribution in [0.1, 0.15) is 36.4 Å². The number of phenolic OH excluding ortho intramolecular Hbond substituents is 1. The van der Waals surface area contributed by atoms with Gasteiger partial charge in [0.2, 0.25) is 10.0 Å². The van der Waals surface area contributed by atoms with Gasteiger partial charge < -0.3 is 26.0 Å². The van der Waals surface area contributed by atoms with Gasteiger partial charge in [-0.05, 0) is 42.5 Å². The second-order valence-corrected chi connectivity index (χ2v) is 11.0. The summed E-state index contributed by atoms with van der Waals surface area (Å²) in [6.07, 6.45) is 1.62. The average Bonchev–Trinajstić information content (AvgIpc) is 2.99. The molecular formula is C23H28ClN3O5S.